The van der Waals surface area contributed by atoms with Gasteiger partial charge in [-0.1, -0.05) is 80.6 Å². The number of rotatable bonds is 20. The van der Waals surface area contributed by atoms with Crippen molar-refractivity contribution in [1.29, 1.82) is 0 Å². The second-order valence-corrected chi connectivity index (χ2v) is 21.6. The van der Waals surface area contributed by atoms with Crippen LogP contribution < -0.4 is 10.6 Å². The molecule has 0 radical (unpaired) electrons. The number of hydrogen-bond donors (Lipinski definition) is 10. The van der Waals surface area contributed by atoms with E-state index in [1.54, 1.807) is 73.8 Å². The van der Waals surface area contributed by atoms with Gasteiger partial charge < -0.3 is 79.9 Å². The van der Waals surface area contributed by atoms with Crippen LogP contribution in [0.5, 0.6) is 0 Å². The van der Waals surface area contributed by atoms with Gasteiger partial charge in [-0.2, -0.15) is 0 Å². The summed E-state index contributed by atoms with van der Waals surface area (Å²) < 4.78 is 36.3. The number of ether oxygens (including phenoxy) is 6. The van der Waals surface area contributed by atoms with Crippen LogP contribution in [0, 0.1) is 16.7 Å². The van der Waals surface area contributed by atoms with E-state index in [0.717, 1.165) is 13.8 Å². The number of carboxylic acid groups (broad SMARTS) is 1. The first-order chi connectivity index (χ1) is 38.6. The minimum atomic E-state index is -2.50. The monoisotopic (exact) mass is 1150 g/mol. The number of carbonyl (C=O) groups excluding carboxylic acids is 7. The highest BCUT2D eigenvalue weighted by atomic mass is 16.6. The van der Waals surface area contributed by atoms with Crippen LogP contribution >= 0.6 is 0 Å². The topological polar surface area (TPSA) is 378 Å². The van der Waals surface area contributed by atoms with Crippen molar-refractivity contribution in [3.8, 4) is 0 Å². The first-order valence-electron chi connectivity index (χ1n) is 26.5. The molecule has 3 aromatic rings. The van der Waals surface area contributed by atoms with Crippen LogP contribution in [0.15, 0.2) is 102 Å². The second kappa shape index (κ2) is 26.5. The summed E-state index contributed by atoms with van der Waals surface area (Å²) in [7, 11) is 1.57. The molecule has 1 amide bonds. The smallest absolute Gasteiger partial charge is 0.350 e. The largest absolute Gasteiger partial charge is 0.481 e. The van der Waals surface area contributed by atoms with Crippen LogP contribution in [-0.4, -0.2) is 187 Å². The fourth-order valence-electron chi connectivity index (χ4n) is 11.6. The Morgan fingerprint density at radius 2 is 1.35 bits per heavy atom. The van der Waals surface area contributed by atoms with E-state index in [4.69, 9.17) is 48.8 Å². The van der Waals surface area contributed by atoms with E-state index in [9.17, 15) is 49.2 Å². The van der Waals surface area contributed by atoms with Crippen molar-refractivity contribution in [2.75, 3.05) is 26.8 Å². The van der Waals surface area contributed by atoms with Crippen molar-refractivity contribution < 1.29 is 108 Å². The maximum atomic E-state index is 15.7. The molecule has 3 aromatic carbocycles. The molecule has 1 saturated heterocycles. The molecule has 1 aliphatic heterocycles. The number of nitrogens with one attached hydrogen (secondary N) is 2. The summed E-state index contributed by atoms with van der Waals surface area (Å²) in [6.07, 6.45) is -18.1. The van der Waals surface area contributed by atoms with E-state index < -0.39 is 168 Å². The average Bonchev–Trinajstić information content (AvgIpc) is 0.708. The molecule has 2 saturated carbocycles. The number of carboxylic acids is 1. The van der Waals surface area contributed by atoms with Crippen molar-refractivity contribution in [2.45, 2.75) is 146 Å². The van der Waals surface area contributed by atoms with E-state index in [2.05, 4.69) is 10.6 Å². The summed E-state index contributed by atoms with van der Waals surface area (Å²) >= 11 is 0. The molecule has 24 nitrogen and oxygen atoms in total. The first kappa shape index (κ1) is 64.2. The molecule has 0 aromatic heterocycles. The summed E-state index contributed by atoms with van der Waals surface area (Å²) in [4.78, 5) is 110. The highest BCUT2D eigenvalue weighted by molar-refractivity contribution is 5.96. The Bertz CT molecular complexity index is 2830. The third kappa shape index (κ3) is 13.1. The van der Waals surface area contributed by atoms with Crippen LogP contribution in [0.3, 0.4) is 0 Å². The van der Waals surface area contributed by atoms with Crippen LogP contribution in [0.25, 0.3) is 0 Å². The van der Waals surface area contributed by atoms with Gasteiger partial charge in [0.2, 0.25) is 6.10 Å². The van der Waals surface area contributed by atoms with E-state index in [0.29, 0.717) is 0 Å². The van der Waals surface area contributed by atoms with Crippen molar-refractivity contribution in [2.24, 2.45) is 16.7 Å². The fourth-order valence-corrected chi connectivity index (χ4v) is 11.6. The SMILES string of the molecule is CC(=O)O[C@H]1C(=O)[C@@]2(C)C(C(OC(=O)c3ccccc3)[C@]3(O)CC(OC(=O)C(OC(=O)CCC(=O)O)C(NC(=O)c4ccccc4)c4ccccc4)C(C)=C1C3(C)C)C1(OC(C)=O)COC1C[C@@H]2O.CNCC(O)C(O)C(O)C(O)CO. The molecule has 11 unspecified atom stereocenters. The van der Waals surface area contributed by atoms with E-state index in [1.807, 2.05) is 0 Å². The molecule has 4 aliphatic rings. The summed E-state index contributed by atoms with van der Waals surface area (Å²) in [5.41, 5.74) is -7.77. The maximum Gasteiger partial charge on any atom is 0.350 e. The number of fused-ring (bicyclic) bond motifs is 5. The molecule has 1 heterocycles. The van der Waals surface area contributed by atoms with Gasteiger partial charge in [-0.25, -0.2) is 9.59 Å². The highest BCUT2D eigenvalue weighted by Crippen LogP contribution is 2.64. The van der Waals surface area contributed by atoms with Gasteiger partial charge >= 0.3 is 35.8 Å². The third-order valence-electron chi connectivity index (χ3n) is 16.0. The zero-order chi connectivity index (χ0) is 60.6. The van der Waals surface area contributed by atoms with E-state index in [1.165, 1.54) is 52.0 Å². The van der Waals surface area contributed by atoms with Crippen LogP contribution in [0.2, 0.25) is 0 Å². The Morgan fingerprint density at radius 3 is 1.88 bits per heavy atom. The van der Waals surface area contributed by atoms with Gasteiger partial charge in [0.1, 0.15) is 48.3 Å². The lowest BCUT2D eigenvalue weighted by atomic mass is 9.44. The Kier molecular flexibility index (Phi) is 20.7. The standard InChI is InChI=1S/C51H55NO17.C7H17NO5/c1-27-33(66-47(62)41(67-37(58)23-22-36(56)57)39(30-16-10-7-11-17-30)52-45(60)31-18-12-8-13-19-31)25-51(63)44(68-46(61)32-20-14-9-15-21-32)42-49(6,34(55)24-35-50(42,26-64-35)69-29(3)54)43(59)40(65-28(2)53)38(27)48(51,4)5;1-8-2-4(10)6(12)7(13)5(11)3-9/h7-21,33-35,39-42,44,55,63H,22-26H2,1-6H3,(H,52,60)(H,56,57);4-13H,2-3H2,1H3/t33?,34-,35?,39?,40+,41?,42?,44?,49+,50?,51+;/m0./s1. The molecule has 2 bridgehead atoms. The zero-order valence-corrected chi connectivity index (χ0v) is 46.3. The maximum absolute atomic E-state index is 15.7. The molecule has 82 heavy (non-hydrogen) atoms. The molecule has 15 atom stereocenters. The molecule has 3 fully saturated rings. The molecule has 0 spiro atoms. The number of aliphatic hydroxyl groups excluding tert-OH is 6. The lowest BCUT2D eigenvalue weighted by Gasteiger charge is -2.67. The fraction of sp³-hybridized carbons (Fsp3) is 0.517. The van der Waals surface area contributed by atoms with Gasteiger partial charge in [0.15, 0.2) is 17.5 Å². The number of hydrogen-bond acceptors (Lipinski definition) is 22. The number of benzene rings is 3. The number of Topliss-reactive ketones (excluding diaryl/α,β-unsaturated/α-hetero) is 1. The predicted molar refractivity (Wildman–Crippen MR) is 283 cm³/mol. The molecular formula is C58H72N2O22. The highest BCUT2D eigenvalue weighted by Gasteiger charge is 2.78. The number of likely N-dealkylation sites (N-methyl/N-ethyl adjacent to an activating group) is 1. The number of esters is 5. The quantitative estimate of drug-likeness (QED) is 0.0425. The number of carbonyl (C=O) groups is 8. The molecule has 24 heteroatoms. The minimum Gasteiger partial charge on any atom is -0.481 e. The molecule has 7 rings (SSSR count). The Morgan fingerprint density at radius 1 is 0.780 bits per heavy atom. The summed E-state index contributed by atoms with van der Waals surface area (Å²) in [5.74, 6) is -9.78. The number of aliphatic carboxylic acids is 1. The van der Waals surface area contributed by atoms with Gasteiger partial charge in [0.25, 0.3) is 5.91 Å². The zero-order valence-electron chi connectivity index (χ0n) is 46.3. The Hall–Kier alpha value is -7.00. The van der Waals surface area contributed by atoms with Crippen LogP contribution in [0.4, 0.5) is 0 Å². The Labute approximate surface area is 472 Å². The number of aliphatic hydroxyl groups is 7. The first-order valence-corrected chi connectivity index (χ1v) is 26.5. The number of amides is 1. The minimum absolute atomic E-state index is 0.0221. The normalized spacial score (nSPS) is 28.2. The molecule has 3 aliphatic carbocycles. The van der Waals surface area contributed by atoms with Crippen LogP contribution in [-0.2, 0) is 57.2 Å². The molecule has 10 N–H and O–H groups in total. The van der Waals surface area contributed by atoms with Gasteiger partial charge in [-0.3, -0.25) is 28.8 Å². The number of ketones is 1. The predicted octanol–water partition coefficient (Wildman–Crippen LogP) is 0.793. The van der Waals surface area contributed by atoms with Crippen molar-refractivity contribution >= 4 is 47.5 Å². The van der Waals surface area contributed by atoms with E-state index in [-0.39, 0.29) is 47.4 Å². The van der Waals surface area contributed by atoms with E-state index >= 15 is 9.59 Å². The Balaban J connectivity index is 0.000000739. The van der Waals surface area contributed by atoms with Gasteiger partial charge in [-0.15, -0.1) is 0 Å². The van der Waals surface area contributed by atoms with Gasteiger partial charge in [0, 0.05) is 44.2 Å². The molecular weight excluding hydrogens is 1080 g/mol. The summed E-state index contributed by atoms with van der Waals surface area (Å²) in [6.45, 7) is 7.11. The second-order valence-electron chi connectivity index (χ2n) is 21.6. The average molecular weight is 1150 g/mol. The molecule has 446 valence electrons. The van der Waals surface area contributed by atoms with Crippen LogP contribution in [0.1, 0.15) is 99.5 Å². The lowest BCUT2D eigenvalue weighted by molar-refractivity contribution is -0.346. The van der Waals surface area contributed by atoms with Crippen molar-refractivity contribution in [1.82, 2.24) is 10.6 Å². The van der Waals surface area contributed by atoms with Gasteiger partial charge in [-0.05, 0) is 61.9 Å². The summed E-state index contributed by atoms with van der Waals surface area (Å²) in [6, 6.07) is 22.1. The third-order valence-corrected chi connectivity index (χ3v) is 16.0. The van der Waals surface area contributed by atoms with Crippen molar-refractivity contribution in [3.05, 3.63) is 119 Å². The van der Waals surface area contributed by atoms with Crippen molar-refractivity contribution in [3.63, 3.8) is 0 Å². The lowest BCUT2D eigenvalue weighted by Crippen LogP contribution is -2.82. The summed E-state index contributed by atoms with van der Waals surface area (Å²) in [5, 5.41) is 85.6. The van der Waals surface area contributed by atoms with Gasteiger partial charge in [0.05, 0.1) is 55.2 Å².